The molecule has 5 nitrogen and oxygen atoms in total. The number of carbonyl (C=O) groups excluding carboxylic acids is 1. The summed E-state index contributed by atoms with van der Waals surface area (Å²) < 4.78 is 35.4. The Kier molecular flexibility index (Phi) is 6.42. The average molecular weight is 280 g/mol. The van der Waals surface area contributed by atoms with Crippen LogP contribution in [0, 0.1) is 11.6 Å². The molecule has 0 bridgehead atoms. The molecular weight excluding hydrogens is 266 g/mol. The van der Waals surface area contributed by atoms with E-state index in [0.29, 0.717) is 0 Å². The number of rotatable bonds is 2. The Balaban J connectivity index is 0.000000411. The molecule has 8 heteroatoms. The minimum atomic E-state index is -1.33. The van der Waals surface area contributed by atoms with E-state index in [9.17, 15) is 17.8 Å². The zero-order chi connectivity index (χ0) is 14.5. The van der Waals surface area contributed by atoms with Gasteiger partial charge in [0.25, 0.3) is 5.91 Å². The number of primary amides is 1. The maximum atomic E-state index is 12.7. The van der Waals surface area contributed by atoms with Gasteiger partial charge in [-0.2, -0.15) is 0 Å². The van der Waals surface area contributed by atoms with Crippen molar-refractivity contribution < 1.29 is 22.9 Å². The second-order valence-corrected chi connectivity index (χ2v) is 5.10. The molecule has 0 aliphatic heterocycles. The highest BCUT2D eigenvalue weighted by molar-refractivity contribution is 7.83. The van der Waals surface area contributed by atoms with Crippen molar-refractivity contribution in [1.82, 2.24) is 0 Å². The summed E-state index contributed by atoms with van der Waals surface area (Å²) in [4.78, 5) is 10.4. The van der Waals surface area contributed by atoms with Crippen LogP contribution in [0.25, 0.3) is 0 Å². The zero-order valence-corrected chi connectivity index (χ0v) is 10.6. The van der Waals surface area contributed by atoms with Gasteiger partial charge in [0, 0.05) is 5.25 Å². The highest BCUT2D eigenvalue weighted by Gasteiger charge is 2.17. The number of aromatic hydroxyl groups is 1. The molecule has 5 N–H and O–H groups in total. The van der Waals surface area contributed by atoms with Crippen molar-refractivity contribution in [3.63, 3.8) is 0 Å². The molecule has 1 atom stereocenters. The molecule has 0 heterocycles. The van der Waals surface area contributed by atoms with Gasteiger partial charge in [0.05, 0.1) is 11.0 Å². The Morgan fingerprint density at radius 3 is 2.11 bits per heavy atom. The number of amides is 1. The van der Waals surface area contributed by atoms with Gasteiger partial charge in [-0.1, -0.05) is 0 Å². The van der Waals surface area contributed by atoms with Crippen LogP contribution in [-0.4, -0.2) is 20.5 Å². The minimum Gasteiger partial charge on any atom is -0.505 e. The first-order chi connectivity index (χ1) is 8.18. The van der Waals surface area contributed by atoms with Crippen LogP contribution in [0.4, 0.5) is 8.78 Å². The van der Waals surface area contributed by atoms with Crippen LogP contribution >= 0.6 is 0 Å². The Labute approximate surface area is 105 Å². The number of hydrogen-bond donors (Lipinski definition) is 3. The first kappa shape index (κ1) is 16.5. The smallest absolute Gasteiger partial charge is 0.254 e. The third-order valence-corrected chi connectivity index (χ3v) is 2.71. The van der Waals surface area contributed by atoms with Crippen LogP contribution < -0.4 is 10.9 Å². The molecule has 1 aromatic rings. The molecule has 0 saturated heterocycles. The lowest BCUT2D eigenvalue weighted by Crippen LogP contribution is -2.15. The summed E-state index contributed by atoms with van der Waals surface area (Å²) in [7, 11) is -1.12. The quantitative estimate of drug-likeness (QED) is 0.745. The van der Waals surface area contributed by atoms with E-state index in [1.807, 2.05) is 13.8 Å². The minimum absolute atomic E-state index is 0.102. The molecule has 0 aromatic heterocycles. The molecule has 1 unspecified atom stereocenters. The standard InChI is InChI=1S/C7H5F2NO2.C3H9NOS/c8-3-1-2-4(11)6(9)5(3)7(10)12;1-3(2)6(4)5/h1-2,11H,(H2,10,12);3H,4H2,1-2H3. The maximum absolute atomic E-state index is 12.7. The Bertz CT molecular complexity index is 467. The van der Waals surface area contributed by atoms with Crippen molar-refractivity contribution in [3.8, 4) is 5.75 Å². The van der Waals surface area contributed by atoms with E-state index in [1.54, 1.807) is 0 Å². The number of benzene rings is 1. The second-order valence-electron chi connectivity index (χ2n) is 3.50. The number of phenols is 1. The largest absolute Gasteiger partial charge is 0.505 e. The second kappa shape index (κ2) is 7.02. The van der Waals surface area contributed by atoms with Crippen LogP contribution in [0.2, 0.25) is 0 Å². The molecule has 0 spiro atoms. The number of phenolic OH excluding ortho intramolecular Hbond substituents is 1. The van der Waals surface area contributed by atoms with Crippen molar-refractivity contribution in [1.29, 1.82) is 0 Å². The van der Waals surface area contributed by atoms with Crippen molar-refractivity contribution in [2.75, 3.05) is 0 Å². The van der Waals surface area contributed by atoms with Crippen LogP contribution in [-0.2, 0) is 11.0 Å². The summed E-state index contributed by atoms with van der Waals surface area (Å²) in [6.45, 7) is 3.63. The summed E-state index contributed by atoms with van der Waals surface area (Å²) in [6.07, 6.45) is 0. The van der Waals surface area contributed by atoms with Crippen molar-refractivity contribution in [3.05, 3.63) is 29.3 Å². The van der Waals surface area contributed by atoms with E-state index < -0.39 is 39.8 Å². The number of carbonyl (C=O) groups is 1. The monoisotopic (exact) mass is 280 g/mol. The van der Waals surface area contributed by atoms with E-state index in [4.69, 9.17) is 10.2 Å². The zero-order valence-electron chi connectivity index (χ0n) is 9.81. The normalized spacial score (nSPS) is 11.7. The van der Waals surface area contributed by atoms with Crippen molar-refractivity contribution in [2.24, 2.45) is 10.9 Å². The molecule has 1 rings (SSSR count). The molecule has 1 amide bonds. The van der Waals surface area contributed by atoms with Gasteiger partial charge in [0.15, 0.2) is 11.6 Å². The van der Waals surface area contributed by atoms with Gasteiger partial charge >= 0.3 is 0 Å². The highest BCUT2D eigenvalue weighted by atomic mass is 32.2. The molecular formula is C10H14F2N2O3S. The molecule has 102 valence electrons. The number of nitrogens with two attached hydrogens (primary N) is 2. The summed E-state index contributed by atoms with van der Waals surface area (Å²) in [6, 6.07) is 1.57. The lowest BCUT2D eigenvalue weighted by Gasteiger charge is -2.00. The first-order valence-electron chi connectivity index (χ1n) is 4.80. The van der Waals surface area contributed by atoms with Crippen molar-refractivity contribution in [2.45, 2.75) is 19.1 Å². The molecule has 0 radical (unpaired) electrons. The summed E-state index contributed by atoms with van der Waals surface area (Å²) >= 11 is 0. The first-order valence-corrected chi connectivity index (χ1v) is 6.07. The van der Waals surface area contributed by atoms with Crippen LogP contribution in [0.3, 0.4) is 0 Å². The van der Waals surface area contributed by atoms with E-state index in [1.165, 1.54) is 0 Å². The molecule has 1 aromatic carbocycles. The van der Waals surface area contributed by atoms with Crippen LogP contribution in [0.15, 0.2) is 12.1 Å². The Morgan fingerprint density at radius 1 is 1.39 bits per heavy atom. The van der Waals surface area contributed by atoms with Crippen LogP contribution in [0.5, 0.6) is 5.75 Å². The van der Waals surface area contributed by atoms with Gasteiger partial charge < -0.3 is 10.8 Å². The van der Waals surface area contributed by atoms with E-state index in [-0.39, 0.29) is 5.25 Å². The topological polar surface area (TPSA) is 106 Å². The predicted molar refractivity (Wildman–Crippen MR) is 64.0 cm³/mol. The predicted octanol–water partition coefficient (Wildman–Crippen LogP) is 0.786. The lowest BCUT2D eigenvalue weighted by atomic mass is 10.2. The third kappa shape index (κ3) is 4.76. The van der Waals surface area contributed by atoms with Gasteiger partial charge in [-0.3, -0.25) is 9.93 Å². The average Bonchev–Trinajstić information content (AvgIpc) is 2.24. The third-order valence-electron chi connectivity index (χ3n) is 1.78. The molecule has 0 saturated carbocycles. The molecule has 0 aliphatic carbocycles. The number of hydrogen-bond acceptors (Lipinski definition) is 3. The van der Waals surface area contributed by atoms with Gasteiger partial charge in [0.1, 0.15) is 11.4 Å². The fourth-order valence-electron chi connectivity index (χ4n) is 0.767. The van der Waals surface area contributed by atoms with E-state index in [0.717, 1.165) is 12.1 Å². The maximum Gasteiger partial charge on any atom is 0.254 e. The van der Waals surface area contributed by atoms with Gasteiger partial charge in [0.2, 0.25) is 0 Å². The van der Waals surface area contributed by atoms with Gasteiger partial charge in [-0.05, 0) is 26.0 Å². The van der Waals surface area contributed by atoms with Gasteiger partial charge in [-0.15, -0.1) is 0 Å². The van der Waals surface area contributed by atoms with Crippen molar-refractivity contribution >= 4 is 16.9 Å². The Hall–Kier alpha value is -1.54. The molecule has 0 fully saturated rings. The van der Waals surface area contributed by atoms with E-state index in [2.05, 4.69) is 5.73 Å². The number of halogens is 2. The highest BCUT2D eigenvalue weighted by Crippen LogP contribution is 2.20. The molecule has 0 aliphatic rings. The summed E-state index contributed by atoms with van der Waals surface area (Å²) in [5.74, 6) is -4.47. The summed E-state index contributed by atoms with van der Waals surface area (Å²) in [5, 5.41) is 13.7. The summed E-state index contributed by atoms with van der Waals surface area (Å²) in [5.41, 5.74) is 3.73. The molecule has 18 heavy (non-hydrogen) atoms. The van der Waals surface area contributed by atoms with Gasteiger partial charge in [-0.25, -0.2) is 13.0 Å². The fraction of sp³-hybridized carbons (Fsp3) is 0.300. The SMILES string of the molecule is CC(C)S(N)=O.NC(=O)c1c(F)ccc(O)c1F. The Morgan fingerprint density at radius 2 is 1.83 bits per heavy atom. The van der Waals surface area contributed by atoms with E-state index >= 15 is 0 Å². The fourth-order valence-corrected chi connectivity index (χ4v) is 0.767. The lowest BCUT2D eigenvalue weighted by molar-refractivity contribution is 0.0991. The van der Waals surface area contributed by atoms with Crippen LogP contribution in [0.1, 0.15) is 24.2 Å².